The van der Waals surface area contributed by atoms with Crippen molar-refractivity contribution in [1.29, 1.82) is 0 Å². The summed E-state index contributed by atoms with van der Waals surface area (Å²) in [5.74, 6) is -1.33. The number of aromatic nitrogens is 1. The van der Waals surface area contributed by atoms with Gasteiger partial charge in [-0.15, -0.1) is 11.3 Å². The van der Waals surface area contributed by atoms with Gasteiger partial charge in [0, 0.05) is 36.3 Å². The minimum atomic E-state index is -0.562. The van der Waals surface area contributed by atoms with Gasteiger partial charge in [0.25, 0.3) is 0 Å². The van der Waals surface area contributed by atoms with Gasteiger partial charge >= 0.3 is 0 Å². The van der Waals surface area contributed by atoms with Crippen molar-refractivity contribution >= 4 is 28.1 Å². The Labute approximate surface area is 189 Å². The van der Waals surface area contributed by atoms with Crippen LogP contribution in [-0.4, -0.2) is 55.7 Å². The van der Waals surface area contributed by atoms with E-state index in [9.17, 15) is 13.6 Å². The molecule has 6 nitrogen and oxygen atoms in total. The van der Waals surface area contributed by atoms with Crippen molar-refractivity contribution in [2.45, 2.75) is 6.54 Å². The highest BCUT2D eigenvalue weighted by Gasteiger charge is 2.17. The van der Waals surface area contributed by atoms with Crippen LogP contribution in [0.1, 0.15) is 5.56 Å². The average molecular weight is 459 g/mol. The Hall–Kier alpha value is -2.88. The van der Waals surface area contributed by atoms with E-state index in [1.165, 1.54) is 11.3 Å². The zero-order valence-corrected chi connectivity index (χ0v) is 18.5. The molecule has 0 aliphatic carbocycles. The average Bonchev–Trinajstić information content (AvgIpc) is 3.24. The molecule has 0 radical (unpaired) electrons. The number of thiazole rings is 1. The summed E-state index contributed by atoms with van der Waals surface area (Å²) in [6.07, 6.45) is 0. The van der Waals surface area contributed by atoms with Crippen LogP contribution in [0.3, 0.4) is 0 Å². The summed E-state index contributed by atoms with van der Waals surface area (Å²) in [6.45, 7) is 3.89. The standard InChI is InChI=1S/C23H24F2N4O2S/c1-28(13-16-4-2-3-5-21(16)29-8-10-31-11-9-29)14-22(30)27-23-26-20(15-32-23)18-12-17(24)6-7-19(18)25/h2-7,12,15H,8-11,13-14H2,1H3,(H,26,27,30). The molecule has 1 fully saturated rings. The van der Waals surface area contributed by atoms with Gasteiger partial charge in [0.15, 0.2) is 5.13 Å². The summed E-state index contributed by atoms with van der Waals surface area (Å²) in [7, 11) is 1.88. The molecule has 1 saturated heterocycles. The Balaban J connectivity index is 1.36. The van der Waals surface area contributed by atoms with Crippen molar-refractivity contribution in [1.82, 2.24) is 9.88 Å². The molecule has 4 rings (SSSR count). The number of nitrogens with one attached hydrogen (secondary N) is 1. The normalized spacial score (nSPS) is 14.1. The van der Waals surface area contributed by atoms with E-state index >= 15 is 0 Å². The Morgan fingerprint density at radius 1 is 1.22 bits per heavy atom. The fourth-order valence-corrected chi connectivity index (χ4v) is 4.38. The van der Waals surface area contributed by atoms with E-state index in [-0.39, 0.29) is 23.7 Å². The van der Waals surface area contributed by atoms with E-state index in [1.807, 2.05) is 24.1 Å². The molecule has 0 saturated carbocycles. The predicted molar refractivity (Wildman–Crippen MR) is 122 cm³/mol. The SMILES string of the molecule is CN(CC(=O)Nc1nc(-c2cc(F)ccc2F)cs1)Cc1ccccc1N1CCOCC1. The van der Waals surface area contributed by atoms with Gasteiger partial charge < -0.3 is 15.0 Å². The minimum absolute atomic E-state index is 0.0681. The lowest BCUT2D eigenvalue weighted by Gasteiger charge is -2.31. The highest BCUT2D eigenvalue weighted by molar-refractivity contribution is 7.14. The summed E-state index contributed by atoms with van der Waals surface area (Å²) in [6, 6.07) is 11.4. The number of rotatable bonds is 7. The predicted octanol–water partition coefficient (Wildman–Crippen LogP) is 4.00. The summed E-state index contributed by atoms with van der Waals surface area (Å²) >= 11 is 1.17. The molecule has 1 aliphatic heterocycles. The Kier molecular flexibility index (Phi) is 7.09. The fraction of sp³-hybridized carbons (Fsp3) is 0.304. The zero-order valence-electron chi connectivity index (χ0n) is 17.7. The number of carbonyl (C=O) groups excluding carboxylic acids is 1. The number of carbonyl (C=O) groups is 1. The van der Waals surface area contributed by atoms with Gasteiger partial charge in [0.1, 0.15) is 11.6 Å². The number of halogens is 2. The lowest BCUT2D eigenvalue weighted by atomic mass is 10.1. The molecule has 168 valence electrons. The van der Waals surface area contributed by atoms with Gasteiger partial charge in [0.05, 0.1) is 25.5 Å². The number of likely N-dealkylation sites (N-methyl/N-ethyl adjacent to an activating group) is 1. The van der Waals surface area contributed by atoms with Gasteiger partial charge in [0.2, 0.25) is 5.91 Å². The van der Waals surface area contributed by atoms with Crippen LogP contribution in [-0.2, 0) is 16.1 Å². The minimum Gasteiger partial charge on any atom is -0.378 e. The molecule has 0 bridgehead atoms. The second-order valence-electron chi connectivity index (χ2n) is 7.61. The third-order valence-electron chi connectivity index (χ3n) is 5.15. The third kappa shape index (κ3) is 5.48. The van der Waals surface area contributed by atoms with E-state index in [1.54, 1.807) is 5.38 Å². The van der Waals surface area contributed by atoms with Crippen molar-refractivity contribution in [3.63, 3.8) is 0 Å². The van der Waals surface area contributed by atoms with E-state index in [4.69, 9.17) is 4.74 Å². The van der Waals surface area contributed by atoms with Gasteiger partial charge in [-0.25, -0.2) is 13.8 Å². The van der Waals surface area contributed by atoms with Crippen molar-refractivity contribution in [2.24, 2.45) is 0 Å². The molecule has 0 atom stereocenters. The third-order valence-corrected chi connectivity index (χ3v) is 5.91. The van der Waals surface area contributed by atoms with E-state index in [2.05, 4.69) is 27.3 Å². The first-order valence-electron chi connectivity index (χ1n) is 10.3. The number of ether oxygens (including phenoxy) is 1. The maximum atomic E-state index is 14.0. The largest absolute Gasteiger partial charge is 0.378 e. The number of nitrogens with zero attached hydrogens (tertiary/aromatic N) is 3. The Morgan fingerprint density at radius 3 is 2.81 bits per heavy atom. The molecule has 1 aromatic heterocycles. The molecule has 0 spiro atoms. The van der Waals surface area contributed by atoms with Crippen LogP contribution in [0.5, 0.6) is 0 Å². The van der Waals surface area contributed by atoms with Crippen molar-refractivity contribution in [3.8, 4) is 11.3 Å². The maximum absolute atomic E-state index is 14.0. The van der Waals surface area contributed by atoms with Crippen LogP contribution < -0.4 is 10.2 Å². The highest BCUT2D eigenvalue weighted by atomic mass is 32.1. The number of hydrogen-bond acceptors (Lipinski definition) is 6. The van der Waals surface area contributed by atoms with Crippen LogP contribution in [0.4, 0.5) is 19.6 Å². The molecule has 3 aromatic rings. The first-order chi connectivity index (χ1) is 15.5. The van der Waals surface area contributed by atoms with E-state index in [0.717, 1.165) is 42.5 Å². The molecule has 1 aliphatic rings. The lowest BCUT2D eigenvalue weighted by Crippen LogP contribution is -2.37. The lowest BCUT2D eigenvalue weighted by molar-refractivity contribution is -0.117. The van der Waals surface area contributed by atoms with Crippen LogP contribution >= 0.6 is 11.3 Å². The fourth-order valence-electron chi connectivity index (χ4n) is 3.66. The van der Waals surface area contributed by atoms with Gasteiger partial charge in [-0.1, -0.05) is 18.2 Å². The number of benzene rings is 2. The van der Waals surface area contributed by atoms with Gasteiger partial charge in [-0.2, -0.15) is 0 Å². The zero-order chi connectivity index (χ0) is 22.5. The van der Waals surface area contributed by atoms with Crippen LogP contribution in [0.25, 0.3) is 11.3 Å². The van der Waals surface area contributed by atoms with E-state index < -0.39 is 11.6 Å². The quantitative estimate of drug-likeness (QED) is 0.580. The van der Waals surface area contributed by atoms with Crippen LogP contribution in [0.15, 0.2) is 47.8 Å². The van der Waals surface area contributed by atoms with Crippen molar-refractivity contribution < 1.29 is 18.3 Å². The first kappa shape index (κ1) is 22.3. The number of hydrogen-bond donors (Lipinski definition) is 1. The van der Waals surface area contributed by atoms with Crippen molar-refractivity contribution in [2.75, 3.05) is 50.1 Å². The van der Waals surface area contributed by atoms with Crippen LogP contribution in [0.2, 0.25) is 0 Å². The summed E-state index contributed by atoms with van der Waals surface area (Å²) in [5.41, 5.74) is 2.65. The summed E-state index contributed by atoms with van der Waals surface area (Å²) in [5, 5.41) is 4.68. The Bertz CT molecular complexity index is 1090. The van der Waals surface area contributed by atoms with Crippen LogP contribution in [0, 0.1) is 11.6 Å². The van der Waals surface area contributed by atoms with E-state index in [0.29, 0.717) is 24.9 Å². The van der Waals surface area contributed by atoms with Gasteiger partial charge in [-0.3, -0.25) is 9.69 Å². The molecule has 2 heterocycles. The molecular formula is C23H24F2N4O2S. The number of morpholine rings is 1. The smallest absolute Gasteiger partial charge is 0.240 e. The molecule has 1 N–H and O–H groups in total. The number of anilines is 2. The maximum Gasteiger partial charge on any atom is 0.240 e. The topological polar surface area (TPSA) is 57.7 Å². The molecule has 32 heavy (non-hydrogen) atoms. The van der Waals surface area contributed by atoms with Crippen molar-refractivity contribution in [3.05, 3.63) is 65.0 Å². The second kappa shape index (κ2) is 10.2. The Morgan fingerprint density at radius 2 is 2.00 bits per heavy atom. The molecule has 2 aromatic carbocycles. The molecule has 9 heteroatoms. The monoisotopic (exact) mass is 458 g/mol. The number of para-hydroxylation sites is 1. The van der Waals surface area contributed by atoms with Gasteiger partial charge in [-0.05, 0) is 36.9 Å². The first-order valence-corrected chi connectivity index (χ1v) is 11.2. The second-order valence-corrected chi connectivity index (χ2v) is 8.47. The molecule has 0 unspecified atom stereocenters. The molecular weight excluding hydrogens is 434 g/mol. The summed E-state index contributed by atoms with van der Waals surface area (Å²) in [4.78, 5) is 21.0. The molecule has 1 amide bonds. The number of amides is 1. The summed E-state index contributed by atoms with van der Waals surface area (Å²) < 4.78 is 32.9. The highest BCUT2D eigenvalue weighted by Crippen LogP contribution is 2.28.